The molecule has 1 atom stereocenters. The van der Waals surface area contributed by atoms with Crippen molar-refractivity contribution in [2.75, 3.05) is 19.6 Å². The Kier molecular flexibility index (Phi) is 5.35. The molecule has 1 spiro atoms. The molecular weight excluding hydrogens is 356 g/mol. The van der Waals surface area contributed by atoms with E-state index in [1.165, 1.54) is 0 Å². The summed E-state index contributed by atoms with van der Waals surface area (Å²) in [6.07, 6.45) is 3.61. The van der Waals surface area contributed by atoms with E-state index in [4.69, 9.17) is 9.15 Å². The lowest BCUT2D eigenvalue weighted by atomic mass is 9.91. The molecule has 2 aliphatic rings. The Morgan fingerprint density at radius 2 is 1.93 bits per heavy atom. The summed E-state index contributed by atoms with van der Waals surface area (Å²) in [4.78, 5) is 16.5. The average molecular weight is 384 g/mol. The van der Waals surface area contributed by atoms with Crippen molar-refractivity contribution in [2.24, 2.45) is 0 Å². The summed E-state index contributed by atoms with van der Waals surface area (Å²) in [5.41, 5.74) is 0.595. The van der Waals surface area contributed by atoms with Gasteiger partial charge in [0.25, 0.3) is 0 Å². The summed E-state index contributed by atoms with van der Waals surface area (Å²) >= 11 is 0. The predicted molar refractivity (Wildman–Crippen MR) is 105 cm³/mol. The first-order chi connectivity index (χ1) is 13.6. The van der Waals surface area contributed by atoms with Crippen LogP contribution in [0.15, 0.2) is 34.7 Å². The molecule has 0 aliphatic carbocycles. The van der Waals surface area contributed by atoms with E-state index in [-0.39, 0.29) is 17.7 Å². The standard InChI is InChI=1S/C21H28N4O3/c1-3-7-16(2)25-15-21(28-20(25)26)10-12-24(13-11-21)14-18-22-23-19(27-18)17-8-5-4-6-9-17/h4-6,8-9,16H,3,7,10-15H2,1-2H3/t16-/m1/s1. The number of amides is 1. The summed E-state index contributed by atoms with van der Waals surface area (Å²) in [5.74, 6) is 1.17. The number of ether oxygens (including phenoxy) is 1. The van der Waals surface area contributed by atoms with Crippen LogP contribution in [0.5, 0.6) is 0 Å². The molecule has 28 heavy (non-hydrogen) atoms. The molecule has 1 aromatic heterocycles. The number of nitrogens with zero attached hydrogens (tertiary/aromatic N) is 4. The van der Waals surface area contributed by atoms with E-state index in [0.717, 1.165) is 44.3 Å². The van der Waals surface area contributed by atoms with Crippen LogP contribution in [0, 0.1) is 0 Å². The molecule has 7 nitrogen and oxygen atoms in total. The van der Waals surface area contributed by atoms with Crippen molar-refractivity contribution in [3.8, 4) is 11.5 Å². The van der Waals surface area contributed by atoms with Gasteiger partial charge in [0.1, 0.15) is 5.60 Å². The van der Waals surface area contributed by atoms with E-state index in [1.54, 1.807) is 0 Å². The van der Waals surface area contributed by atoms with Crippen LogP contribution in [0.2, 0.25) is 0 Å². The largest absolute Gasteiger partial charge is 0.441 e. The van der Waals surface area contributed by atoms with Crippen LogP contribution < -0.4 is 0 Å². The van der Waals surface area contributed by atoms with E-state index in [1.807, 2.05) is 35.2 Å². The number of likely N-dealkylation sites (tertiary alicyclic amines) is 1. The normalized spacial score (nSPS) is 20.5. The molecule has 1 aromatic carbocycles. The monoisotopic (exact) mass is 384 g/mol. The molecule has 2 saturated heterocycles. The van der Waals surface area contributed by atoms with Gasteiger partial charge in [-0.15, -0.1) is 10.2 Å². The van der Waals surface area contributed by atoms with Crippen LogP contribution >= 0.6 is 0 Å². The van der Waals surface area contributed by atoms with Gasteiger partial charge in [0.2, 0.25) is 11.8 Å². The molecule has 2 fully saturated rings. The predicted octanol–water partition coefficient (Wildman–Crippen LogP) is 3.71. The quantitative estimate of drug-likeness (QED) is 0.756. The highest BCUT2D eigenvalue weighted by atomic mass is 16.6. The highest BCUT2D eigenvalue weighted by Crippen LogP contribution is 2.35. The first kappa shape index (κ1) is 18.9. The Balaban J connectivity index is 1.33. The number of hydrogen-bond acceptors (Lipinski definition) is 6. The maximum Gasteiger partial charge on any atom is 0.410 e. The first-order valence-corrected chi connectivity index (χ1v) is 10.2. The fourth-order valence-electron chi connectivity index (χ4n) is 4.15. The third-order valence-electron chi connectivity index (χ3n) is 5.85. The Labute approximate surface area is 165 Å². The van der Waals surface area contributed by atoms with E-state index in [2.05, 4.69) is 28.9 Å². The molecule has 0 unspecified atom stereocenters. The highest BCUT2D eigenvalue weighted by Gasteiger charge is 2.48. The van der Waals surface area contributed by atoms with Crippen molar-refractivity contribution in [3.63, 3.8) is 0 Å². The van der Waals surface area contributed by atoms with Crippen LogP contribution in [0.25, 0.3) is 11.5 Å². The maximum absolute atomic E-state index is 12.3. The molecule has 2 aromatic rings. The second kappa shape index (κ2) is 7.91. The summed E-state index contributed by atoms with van der Waals surface area (Å²) in [7, 11) is 0. The molecule has 2 aliphatic heterocycles. The number of piperidine rings is 1. The van der Waals surface area contributed by atoms with Crippen LogP contribution in [0.1, 0.15) is 45.4 Å². The van der Waals surface area contributed by atoms with Crippen molar-refractivity contribution >= 4 is 6.09 Å². The Hall–Kier alpha value is -2.41. The van der Waals surface area contributed by atoms with Crippen LogP contribution in [0.3, 0.4) is 0 Å². The van der Waals surface area contributed by atoms with Crippen LogP contribution in [-0.2, 0) is 11.3 Å². The summed E-state index contributed by atoms with van der Waals surface area (Å²) in [6.45, 7) is 7.30. The van der Waals surface area contributed by atoms with Gasteiger partial charge in [0, 0.05) is 37.5 Å². The average Bonchev–Trinajstić information content (AvgIpc) is 3.29. The van der Waals surface area contributed by atoms with Crippen molar-refractivity contribution in [1.29, 1.82) is 0 Å². The molecule has 7 heteroatoms. The topological polar surface area (TPSA) is 71.7 Å². The van der Waals surface area contributed by atoms with E-state index >= 15 is 0 Å². The zero-order valence-electron chi connectivity index (χ0n) is 16.6. The van der Waals surface area contributed by atoms with Gasteiger partial charge in [-0.25, -0.2) is 4.79 Å². The summed E-state index contributed by atoms with van der Waals surface area (Å²) < 4.78 is 11.7. The Morgan fingerprint density at radius 3 is 2.64 bits per heavy atom. The molecular formula is C21H28N4O3. The van der Waals surface area contributed by atoms with Crippen molar-refractivity contribution < 1.29 is 13.9 Å². The second-order valence-corrected chi connectivity index (χ2v) is 7.96. The van der Waals surface area contributed by atoms with Gasteiger partial charge < -0.3 is 14.1 Å². The van der Waals surface area contributed by atoms with E-state index in [9.17, 15) is 4.79 Å². The van der Waals surface area contributed by atoms with Crippen molar-refractivity contribution in [1.82, 2.24) is 20.0 Å². The van der Waals surface area contributed by atoms with Gasteiger partial charge in [0.05, 0.1) is 13.1 Å². The molecule has 150 valence electrons. The minimum absolute atomic E-state index is 0.154. The second-order valence-electron chi connectivity index (χ2n) is 7.96. The molecule has 0 bridgehead atoms. The molecule has 0 saturated carbocycles. The fourth-order valence-corrected chi connectivity index (χ4v) is 4.15. The maximum atomic E-state index is 12.3. The Morgan fingerprint density at radius 1 is 1.18 bits per heavy atom. The summed E-state index contributed by atoms with van der Waals surface area (Å²) in [6, 6.07) is 10.0. The first-order valence-electron chi connectivity index (χ1n) is 10.2. The number of benzene rings is 1. The van der Waals surface area contributed by atoms with E-state index < -0.39 is 0 Å². The fraction of sp³-hybridized carbons (Fsp3) is 0.571. The molecule has 1 amide bonds. The number of hydrogen-bond donors (Lipinski definition) is 0. The molecule has 0 N–H and O–H groups in total. The number of aromatic nitrogens is 2. The van der Waals surface area contributed by atoms with Crippen LogP contribution in [0.4, 0.5) is 4.79 Å². The lowest BCUT2D eigenvalue weighted by molar-refractivity contribution is -0.00304. The smallest absolute Gasteiger partial charge is 0.410 e. The number of carbonyl (C=O) groups is 1. The van der Waals surface area contributed by atoms with Gasteiger partial charge in [-0.05, 0) is 25.5 Å². The van der Waals surface area contributed by atoms with Gasteiger partial charge in [0.15, 0.2) is 0 Å². The summed E-state index contributed by atoms with van der Waals surface area (Å²) in [5, 5.41) is 8.35. The lowest BCUT2D eigenvalue weighted by Crippen LogP contribution is -2.47. The van der Waals surface area contributed by atoms with E-state index in [0.29, 0.717) is 24.9 Å². The molecule has 4 rings (SSSR count). The minimum Gasteiger partial charge on any atom is -0.441 e. The van der Waals surface area contributed by atoms with Gasteiger partial charge in [-0.2, -0.15) is 0 Å². The number of rotatable bonds is 6. The Bertz CT molecular complexity index is 799. The van der Waals surface area contributed by atoms with Gasteiger partial charge in [-0.3, -0.25) is 4.90 Å². The molecule has 3 heterocycles. The van der Waals surface area contributed by atoms with Crippen molar-refractivity contribution in [2.45, 2.75) is 57.7 Å². The lowest BCUT2D eigenvalue weighted by Gasteiger charge is -2.37. The SMILES string of the molecule is CCC[C@@H](C)N1CC2(CCN(Cc3nnc(-c4ccccc4)o3)CC2)OC1=O. The van der Waals surface area contributed by atoms with Crippen molar-refractivity contribution in [3.05, 3.63) is 36.2 Å². The minimum atomic E-state index is -0.334. The highest BCUT2D eigenvalue weighted by molar-refractivity contribution is 5.71. The zero-order valence-corrected chi connectivity index (χ0v) is 16.6. The van der Waals surface area contributed by atoms with Crippen LogP contribution in [-0.4, -0.2) is 57.4 Å². The molecule has 0 radical (unpaired) electrons. The number of carbonyl (C=O) groups excluding carboxylic acids is 1. The third-order valence-corrected chi connectivity index (χ3v) is 5.85. The zero-order chi connectivity index (χ0) is 19.6. The van der Waals surface area contributed by atoms with Gasteiger partial charge >= 0.3 is 6.09 Å². The third kappa shape index (κ3) is 3.90. The van der Waals surface area contributed by atoms with Gasteiger partial charge in [-0.1, -0.05) is 31.5 Å².